The van der Waals surface area contributed by atoms with Gasteiger partial charge in [0.05, 0.1) is 12.1 Å². The molecule has 2 aromatic rings. The van der Waals surface area contributed by atoms with Gasteiger partial charge in [-0.25, -0.2) is 0 Å². The van der Waals surface area contributed by atoms with E-state index in [9.17, 15) is 4.79 Å². The van der Waals surface area contributed by atoms with Crippen LogP contribution in [0.3, 0.4) is 0 Å². The van der Waals surface area contributed by atoms with E-state index in [1.54, 1.807) is 0 Å². The van der Waals surface area contributed by atoms with E-state index in [4.69, 9.17) is 11.6 Å². The van der Waals surface area contributed by atoms with Gasteiger partial charge in [0.1, 0.15) is 5.78 Å². The Balaban J connectivity index is 2.14. The number of hydrogen-bond acceptors (Lipinski definition) is 4. The topological polar surface area (TPSA) is 81.1 Å². The molecule has 0 aliphatic carbocycles. The molecule has 2 unspecified atom stereocenters. The molecule has 0 aliphatic heterocycles. The first-order valence-corrected chi connectivity index (χ1v) is 10.5. The lowest BCUT2D eigenvalue weighted by Crippen LogP contribution is -2.37. The van der Waals surface area contributed by atoms with Gasteiger partial charge in [0.25, 0.3) is 0 Å². The van der Waals surface area contributed by atoms with Gasteiger partial charge < -0.3 is 5.73 Å². The van der Waals surface area contributed by atoms with E-state index in [1.165, 1.54) is 11.1 Å². The van der Waals surface area contributed by atoms with E-state index < -0.39 is 0 Å². The highest BCUT2D eigenvalue weighted by molar-refractivity contribution is 5.78. The van der Waals surface area contributed by atoms with Gasteiger partial charge >= 0.3 is 0 Å². The van der Waals surface area contributed by atoms with E-state index in [-0.39, 0.29) is 12.1 Å². The monoisotopic (exact) mass is 381 g/mol. The molecular weight excluding hydrogens is 346 g/mol. The molecule has 2 rings (SSSR count). The van der Waals surface area contributed by atoms with Crippen LogP contribution in [0.1, 0.15) is 80.3 Å². The largest absolute Gasteiger partial charge is 0.322 e. The summed E-state index contributed by atoms with van der Waals surface area (Å²) in [6.07, 6.45) is 6.04. The van der Waals surface area contributed by atoms with E-state index in [2.05, 4.69) is 43.5 Å². The fourth-order valence-corrected chi connectivity index (χ4v) is 3.79. The van der Waals surface area contributed by atoms with Crippen molar-refractivity contribution in [2.75, 3.05) is 0 Å². The molecule has 4 heteroatoms. The summed E-state index contributed by atoms with van der Waals surface area (Å²) in [5, 5.41) is 0. The average Bonchev–Trinajstić information content (AvgIpc) is 2.73. The molecule has 2 aromatic carbocycles. The number of carbonyl (C=O) groups is 1. The number of unbranched alkanes of at least 4 members (excludes halogenated alkanes) is 1. The molecule has 0 amide bonds. The first-order chi connectivity index (χ1) is 13.6. The number of benzene rings is 2. The second kappa shape index (κ2) is 11.7. The van der Waals surface area contributed by atoms with Crippen molar-refractivity contribution in [1.82, 2.24) is 5.43 Å². The second-order valence-electron chi connectivity index (χ2n) is 7.42. The molecule has 0 heterocycles. The SMILES string of the molecule is CCCCC(=O)CCCc1ccccc1C(N)C(NN)c1ccccc1CC. The van der Waals surface area contributed by atoms with Gasteiger partial charge in [0.15, 0.2) is 0 Å². The van der Waals surface area contributed by atoms with Crippen LogP contribution >= 0.6 is 0 Å². The molecule has 0 aliphatic rings. The minimum atomic E-state index is -0.260. The smallest absolute Gasteiger partial charge is 0.132 e. The van der Waals surface area contributed by atoms with Crippen LogP contribution in [0, 0.1) is 0 Å². The van der Waals surface area contributed by atoms with Gasteiger partial charge in [0.2, 0.25) is 0 Å². The van der Waals surface area contributed by atoms with Gasteiger partial charge in [-0.05, 0) is 47.9 Å². The zero-order valence-corrected chi connectivity index (χ0v) is 17.3. The fourth-order valence-electron chi connectivity index (χ4n) is 3.79. The Kier molecular flexibility index (Phi) is 9.35. The van der Waals surface area contributed by atoms with Crippen molar-refractivity contribution in [3.05, 3.63) is 70.8 Å². The number of aryl methyl sites for hydroxylation is 2. The number of Topliss-reactive ketones (excluding diaryl/α,β-unsaturated/α-hetero) is 1. The predicted molar refractivity (Wildman–Crippen MR) is 117 cm³/mol. The first kappa shape index (κ1) is 22.3. The third kappa shape index (κ3) is 5.99. The normalized spacial score (nSPS) is 13.3. The Hall–Kier alpha value is -2.01. The lowest BCUT2D eigenvalue weighted by atomic mass is 9.87. The molecule has 0 bridgehead atoms. The summed E-state index contributed by atoms with van der Waals surface area (Å²) in [4.78, 5) is 12.0. The van der Waals surface area contributed by atoms with Crippen LogP contribution in [-0.2, 0) is 17.6 Å². The van der Waals surface area contributed by atoms with Crippen molar-refractivity contribution in [3.8, 4) is 0 Å². The van der Waals surface area contributed by atoms with Crippen molar-refractivity contribution < 1.29 is 4.79 Å². The van der Waals surface area contributed by atoms with Crippen LogP contribution in [0.2, 0.25) is 0 Å². The molecule has 0 saturated heterocycles. The number of nitrogens with two attached hydrogens (primary N) is 2. The van der Waals surface area contributed by atoms with Crippen LogP contribution in [0.25, 0.3) is 0 Å². The second-order valence-corrected chi connectivity index (χ2v) is 7.42. The fraction of sp³-hybridized carbons (Fsp3) is 0.458. The lowest BCUT2D eigenvalue weighted by molar-refractivity contribution is -0.119. The molecule has 28 heavy (non-hydrogen) atoms. The molecule has 4 nitrogen and oxygen atoms in total. The maximum Gasteiger partial charge on any atom is 0.132 e. The highest BCUT2D eigenvalue weighted by Gasteiger charge is 2.23. The quantitative estimate of drug-likeness (QED) is 0.372. The zero-order chi connectivity index (χ0) is 20.4. The van der Waals surface area contributed by atoms with Crippen LogP contribution < -0.4 is 17.0 Å². The number of hydrogen-bond donors (Lipinski definition) is 3. The van der Waals surface area contributed by atoms with Crippen LogP contribution in [0.5, 0.6) is 0 Å². The summed E-state index contributed by atoms with van der Waals surface area (Å²) in [5.41, 5.74) is 14.3. The number of nitrogens with one attached hydrogen (secondary N) is 1. The molecule has 0 fully saturated rings. The molecule has 0 spiro atoms. The van der Waals surface area contributed by atoms with Gasteiger partial charge in [0, 0.05) is 12.8 Å². The molecule has 0 aromatic heterocycles. The third-order valence-electron chi connectivity index (χ3n) is 5.43. The Labute approximate surface area is 169 Å². The minimum Gasteiger partial charge on any atom is -0.322 e. The molecule has 0 saturated carbocycles. The number of carbonyl (C=O) groups excluding carboxylic acids is 1. The Morgan fingerprint density at radius 2 is 1.54 bits per heavy atom. The highest BCUT2D eigenvalue weighted by atomic mass is 16.1. The number of rotatable bonds is 12. The average molecular weight is 382 g/mol. The van der Waals surface area contributed by atoms with E-state index >= 15 is 0 Å². The van der Waals surface area contributed by atoms with Crippen molar-refractivity contribution in [2.45, 2.75) is 70.9 Å². The first-order valence-electron chi connectivity index (χ1n) is 10.5. The van der Waals surface area contributed by atoms with Crippen LogP contribution in [0.4, 0.5) is 0 Å². The van der Waals surface area contributed by atoms with Crippen molar-refractivity contribution in [2.24, 2.45) is 11.6 Å². The summed E-state index contributed by atoms with van der Waals surface area (Å²) < 4.78 is 0. The lowest BCUT2D eigenvalue weighted by Gasteiger charge is -2.27. The highest BCUT2D eigenvalue weighted by Crippen LogP contribution is 2.31. The molecular formula is C24H35N3O. The number of hydrazine groups is 1. The summed E-state index contributed by atoms with van der Waals surface area (Å²) in [6, 6.07) is 16.1. The standard InChI is InChI=1S/C24H35N3O/c1-3-5-14-20(28)15-10-13-19-12-7-8-16-21(19)23(25)24(27-26)22-17-9-6-11-18(22)4-2/h6-9,11-12,16-17,23-24,27H,3-5,10,13-15,25-26H2,1-2H3. The van der Waals surface area contributed by atoms with Gasteiger partial charge in [-0.2, -0.15) is 0 Å². The number of ketones is 1. The predicted octanol–water partition coefficient (Wildman–Crippen LogP) is 4.54. The summed E-state index contributed by atoms with van der Waals surface area (Å²) in [7, 11) is 0. The minimum absolute atomic E-state index is 0.163. The van der Waals surface area contributed by atoms with Crippen LogP contribution in [0.15, 0.2) is 48.5 Å². The van der Waals surface area contributed by atoms with Crippen molar-refractivity contribution in [1.29, 1.82) is 0 Å². The summed E-state index contributed by atoms with van der Waals surface area (Å²) >= 11 is 0. The maximum absolute atomic E-state index is 12.0. The summed E-state index contributed by atoms with van der Waals surface area (Å²) in [5.74, 6) is 6.29. The van der Waals surface area contributed by atoms with E-state index in [0.717, 1.165) is 43.2 Å². The van der Waals surface area contributed by atoms with Crippen molar-refractivity contribution in [3.63, 3.8) is 0 Å². The molecule has 5 N–H and O–H groups in total. The maximum atomic E-state index is 12.0. The van der Waals surface area contributed by atoms with E-state index in [0.29, 0.717) is 18.6 Å². The molecule has 0 radical (unpaired) electrons. The van der Waals surface area contributed by atoms with Crippen LogP contribution in [-0.4, -0.2) is 5.78 Å². The zero-order valence-electron chi connectivity index (χ0n) is 17.3. The van der Waals surface area contributed by atoms with Gasteiger partial charge in [-0.1, -0.05) is 68.8 Å². The Morgan fingerprint density at radius 1 is 0.929 bits per heavy atom. The molecule has 152 valence electrons. The summed E-state index contributed by atoms with van der Waals surface area (Å²) in [6.45, 7) is 4.25. The Bertz CT molecular complexity index is 744. The van der Waals surface area contributed by atoms with Gasteiger partial charge in [-0.3, -0.25) is 16.1 Å². The van der Waals surface area contributed by atoms with Gasteiger partial charge in [-0.15, -0.1) is 0 Å². The van der Waals surface area contributed by atoms with E-state index in [1.807, 2.05) is 24.3 Å². The molecule has 2 atom stereocenters. The third-order valence-corrected chi connectivity index (χ3v) is 5.43. The Morgan fingerprint density at radius 3 is 2.18 bits per heavy atom. The van der Waals surface area contributed by atoms with Crippen molar-refractivity contribution >= 4 is 5.78 Å².